The highest BCUT2D eigenvalue weighted by atomic mass is 35.5. The quantitative estimate of drug-likeness (QED) is 0.495. The van der Waals surface area contributed by atoms with Gasteiger partial charge in [-0.2, -0.15) is 0 Å². The summed E-state index contributed by atoms with van der Waals surface area (Å²) in [7, 11) is 0. The molecule has 0 aliphatic rings. The largest absolute Gasteiger partial charge is 0.349 e. The van der Waals surface area contributed by atoms with Gasteiger partial charge in [0.2, 0.25) is 11.8 Å². The van der Waals surface area contributed by atoms with Crippen LogP contribution < -0.4 is 10.6 Å². The Balaban J connectivity index is 1.70. The van der Waals surface area contributed by atoms with Gasteiger partial charge in [-0.3, -0.25) is 9.59 Å². The Kier molecular flexibility index (Phi) is 7.25. The third kappa shape index (κ3) is 5.70. The number of rotatable bonds is 8. The maximum Gasteiger partial charge on any atom is 0.223 e. The van der Waals surface area contributed by atoms with Crippen molar-refractivity contribution in [3.63, 3.8) is 0 Å². The van der Waals surface area contributed by atoms with Gasteiger partial charge in [0.1, 0.15) is 5.82 Å². The average molecular weight is 425 g/mol. The Hall–Kier alpha value is -3.12. The van der Waals surface area contributed by atoms with Crippen LogP contribution in [-0.2, 0) is 9.59 Å². The zero-order valence-corrected chi connectivity index (χ0v) is 17.7. The Morgan fingerprint density at radius 2 is 1.73 bits per heavy atom. The fraction of sp³-hybridized carbons (Fsp3) is 0.261. The van der Waals surface area contributed by atoms with Crippen molar-refractivity contribution in [2.24, 2.45) is 0 Å². The molecule has 2 aromatic carbocycles. The molecule has 156 valence electrons. The van der Waals surface area contributed by atoms with Gasteiger partial charge >= 0.3 is 0 Å². The molecule has 1 heterocycles. The summed E-state index contributed by atoms with van der Waals surface area (Å²) >= 11 is 5.95. The fourth-order valence-corrected chi connectivity index (χ4v) is 3.40. The van der Waals surface area contributed by atoms with Gasteiger partial charge in [-0.25, -0.2) is 4.98 Å². The third-order valence-corrected chi connectivity index (χ3v) is 5.05. The highest BCUT2D eigenvalue weighted by Crippen LogP contribution is 2.23. The van der Waals surface area contributed by atoms with E-state index in [1.165, 1.54) is 6.92 Å². The number of hydrogen-bond donors (Lipinski definition) is 3. The minimum atomic E-state index is -0.436. The molecular formula is C23H25ClN4O2. The fourth-order valence-electron chi connectivity index (χ4n) is 3.27. The molecule has 0 saturated heterocycles. The maximum absolute atomic E-state index is 12.8. The van der Waals surface area contributed by atoms with E-state index in [1.807, 2.05) is 49.4 Å². The van der Waals surface area contributed by atoms with Crippen LogP contribution in [0.2, 0.25) is 5.02 Å². The number of nitrogens with zero attached hydrogens (tertiary/aromatic N) is 1. The first-order valence-corrected chi connectivity index (χ1v) is 10.3. The molecule has 1 aromatic heterocycles. The SMILES string of the molecule is CCC(NC(=O)CC(NC(C)=O)c1ccc(Cl)cc1)c1ncc(-c2ccccc2)[nH]1. The number of hydrogen-bond acceptors (Lipinski definition) is 3. The molecule has 3 rings (SSSR count). The molecule has 0 aliphatic heterocycles. The van der Waals surface area contributed by atoms with Crippen LogP contribution in [0.15, 0.2) is 60.8 Å². The molecule has 2 amide bonds. The minimum absolute atomic E-state index is 0.115. The number of aromatic nitrogens is 2. The van der Waals surface area contributed by atoms with Gasteiger partial charge < -0.3 is 15.6 Å². The number of nitrogens with one attached hydrogen (secondary N) is 3. The van der Waals surface area contributed by atoms with Crippen molar-refractivity contribution < 1.29 is 9.59 Å². The van der Waals surface area contributed by atoms with Crippen molar-refractivity contribution in [3.05, 3.63) is 77.2 Å². The number of amides is 2. The summed E-state index contributed by atoms with van der Waals surface area (Å²) in [6.07, 6.45) is 2.57. The topological polar surface area (TPSA) is 86.9 Å². The molecule has 2 unspecified atom stereocenters. The number of halogens is 1. The Morgan fingerprint density at radius 3 is 2.37 bits per heavy atom. The van der Waals surface area contributed by atoms with Gasteiger partial charge in [0.25, 0.3) is 0 Å². The number of carbonyl (C=O) groups excluding carboxylic acids is 2. The van der Waals surface area contributed by atoms with Crippen molar-refractivity contribution in [1.82, 2.24) is 20.6 Å². The van der Waals surface area contributed by atoms with E-state index in [0.717, 1.165) is 16.8 Å². The number of aromatic amines is 1. The van der Waals surface area contributed by atoms with E-state index in [2.05, 4.69) is 20.6 Å². The molecule has 6 nitrogen and oxygen atoms in total. The third-order valence-electron chi connectivity index (χ3n) is 4.79. The molecule has 0 spiro atoms. The number of imidazole rings is 1. The summed E-state index contributed by atoms with van der Waals surface area (Å²) in [6, 6.07) is 16.3. The van der Waals surface area contributed by atoms with Crippen LogP contribution in [-0.4, -0.2) is 21.8 Å². The molecule has 3 N–H and O–H groups in total. The van der Waals surface area contributed by atoms with E-state index in [0.29, 0.717) is 17.3 Å². The van der Waals surface area contributed by atoms with Crippen LogP contribution in [0, 0.1) is 0 Å². The zero-order chi connectivity index (χ0) is 21.5. The van der Waals surface area contributed by atoms with E-state index in [-0.39, 0.29) is 24.3 Å². The lowest BCUT2D eigenvalue weighted by molar-refractivity contribution is -0.123. The number of carbonyl (C=O) groups is 2. The second-order valence-corrected chi connectivity index (χ2v) is 7.52. The number of H-pyrrole nitrogens is 1. The minimum Gasteiger partial charge on any atom is -0.349 e. The number of benzene rings is 2. The van der Waals surface area contributed by atoms with Crippen molar-refractivity contribution in [2.45, 2.75) is 38.8 Å². The van der Waals surface area contributed by atoms with Crippen LogP contribution in [0.4, 0.5) is 0 Å². The summed E-state index contributed by atoms with van der Waals surface area (Å²) in [5.74, 6) is 0.328. The molecule has 0 radical (unpaired) electrons. The van der Waals surface area contributed by atoms with Gasteiger partial charge in [0.05, 0.1) is 30.4 Å². The second-order valence-electron chi connectivity index (χ2n) is 7.09. The molecule has 0 bridgehead atoms. The first-order chi connectivity index (χ1) is 14.5. The Bertz CT molecular complexity index is 986. The lowest BCUT2D eigenvalue weighted by atomic mass is 10.0. The van der Waals surface area contributed by atoms with Gasteiger partial charge in [0.15, 0.2) is 0 Å². The second kappa shape index (κ2) is 10.1. The van der Waals surface area contributed by atoms with Gasteiger partial charge in [-0.15, -0.1) is 0 Å². The maximum atomic E-state index is 12.8. The highest BCUT2D eigenvalue weighted by Gasteiger charge is 2.21. The van der Waals surface area contributed by atoms with E-state index in [9.17, 15) is 9.59 Å². The molecule has 30 heavy (non-hydrogen) atoms. The summed E-state index contributed by atoms with van der Waals surface area (Å²) < 4.78 is 0. The van der Waals surface area contributed by atoms with E-state index >= 15 is 0 Å². The van der Waals surface area contributed by atoms with Crippen LogP contribution in [0.25, 0.3) is 11.3 Å². The molecule has 0 fully saturated rings. The van der Waals surface area contributed by atoms with Gasteiger partial charge in [-0.05, 0) is 29.7 Å². The van der Waals surface area contributed by atoms with E-state index in [4.69, 9.17) is 11.6 Å². The van der Waals surface area contributed by atoms with Crippen LogP contribution >= 0.6 is 11.6 Å². The summed E-state index contributed by atoms with van der Waals surface area (Å²) in [6.45, 7) is 3.42. The van der Waals surface area contributed by atoms with Gasteiger partial charge in [-0.1, -0.05) is 61.0 Å². The Labute approximate surface area is 181 Å². The summed E-state index contributed by atoms with van der Waals surface area (Å²) in [4.78, 5) is 32.2. The lowest BCUT2D eigenvalue weighted by Crippen LogP contribution is -2.34. The Morgan fingerprint density at radius 1 is 1.03 bits per heavy atom. The highest BCUT2D eigenvalue weighted by molar-refractivity contribution is 6.30. The zero-order valence-electron chi connectivity index (χ0n) is 17.0. The van der Waals surface area contributed by atoms with E-state index < -0.39 is 6.04 Å². The molecule has 2 atom stereocenters. The van der Waals surface area contributed by atoms with Crippen LogP contribution in [0.1, 0.15) is 50.2 Å². The smallest absolute Gasteiger partial charge is 0.223 e. The molecule has 7 heteroatoms. The predicted octanol–water partition coefficient (Wildman–Crippen LogP) is 4.56. The first-order valence-electron chi connectivity index (χ1n) is 9.88. The van der Waals surface area contributed by atoms with Crippen molar-refractivity contribution in [1.29, 1.82) is 0 Å². The molecule has 3 aromatic rings. The van der Waals surface area contributed by atoms with Gasteiger partial charge in [0, 0.05) is 11.9 Å². The lowest BCUT2D eigenvalue weighted by Gasteiger charge is -2.20. The summed E-state index contributed by atoms with van der Waals surface area (Å²) in [5.41, 5.74) is 2.75. The standard InChI is InChI=1S/C23H25ClN4O2/c1-3-19(23-25-14-21(28-23)16-7-5-4-6-8-16)27-22(30)13-20(26-15(2)29)17-9-11-18(24)12-10-17/h4-12,14,19-20H,3,13H2,1-2H3,(H,25,28)(H,26,29)(H,27,30). The summed E-state index contributed by atoms with van der Waals surface area (Å²) in [5, 5.41) is 6.46. The predicted molar refractivity (Wildman–Crippen MR) is 118 cm³/mol. The van der Waals surface area contributed by atoms with Crippen molar-refractivity contribution in [2.75, 3.05) is 0 Å². The van der Waals surface area contributed by atoms with Crippen molar-refractivity contribution in [3.8, 4) is 11.3 Å². The van der Waals surface area contributed by atoms with Crippen LogP contribution in [0.3, 0.4) is 0 Å². The average Bonchev–Trinajstić information content (AvgIpc) is 3.22. The van der Waals surface area contributed by atoms with Crippen LogP contribution in [0.5, 0.6) is 0 Å². The normalized spacial score (nSPS) is 12.8. The van der Waals surface area contributed by atoms with E-state index in [1.54, 1.807) is 18.3 Å². The monoisotopic (exact) mass is 424 g/mol. The molecule has 0 aliphatic carbocycles. The van der Waals surface area contributed by atoms with Crippen molar-refractivity contribution >= 4 is 23.4 Å². The molecular weight excluding hydrogens is 400 g/mol. The molecule has 0 saturated carbocycles. The first kappa shape index (κ1) is 21.6.